The molecule has 8 atom stereocenters. The van der Waals surface area contributed by atoms with E-state index in [0.29, 0.717) is 89.5 Å². The third kappa shape index (κ3) is 18.8. The molecule has 0 unspecified atom stereocenters. The summed E-state index contributed by atoms with van der Waals surface area (Å²) < 4.78 is 190. The second-order valence-corrected chi connectivity index (χ2v) is 32.5. The minimum absolute atomic E-state index is 0.0401. The lowest BCUT2D eigenvalue weighted by atomic mass is 9.94. The standard InChI is InChI=1S/2C22H22F3N3O5.C21H18ClF4N3O5.C21H20ClF2N3O5/c1-10(2)28-17-9-33-4-3-16(17)27-8-13(19(29)20(30)18(27)22(28)32)21(31)26-7-12-14(24)5-11(23)6-15(12)25;1-2-4-27-17-10-33-5-3-16(17)28-9-13(19(29)20(30)18(28)22(27)32)21(31)26-8-12-14(24)6-11(23)7-15(12)25;22-15-11(23)2-1-9(16(15)26)5-27-20(32)10-6-28-12-3-4-34-8-13(12)29(7-14(24)25)21(33)17(28)19(31)18(10)30;1-2-26-14-9-32-6-5-13(14)27-8-11(18(28)19(29)17(27)21(26)31)20(30)25-7-10-3-4-12(23)15(22)16(10)24/h5-6,8,10,16-17,30H,3-4,7,9H2,1-2H3,(H,26,31);6-7,9,16-17,30H,2-5,8,10H2,1H3,(H,26,31);1-2,6,12-14,31H,3-5,7-8H2,(H,27,32);3-4,8,13-14,29H,2,5-7,9H2,1H3,(H,25,30)/t2*16-,17+;12-,13+;13-,14+/m0000/s1. The molecule has 4 aromatic carbocycles. The Morgan fingerprint density at radius 3 is 1.03 bits per heavy atom. The molecule has 0 saturated carbocycles. The Kier molecular flexibility index (Phi) is 29.4. The summed E-state index contributed by atoms with van der Waals surface area (Å²) in [5, 5.41) is 49.8. The first-order chi connectivity index (χ1) is 62.7. The molecule has 704 valence electrons. The van der Waals surface area contributed by atoms with Gasteiger partial charge in [0.25, 0.3) is 53.7 Å². The van der Waals surface area contributed by atoms with Gasteiger partial charge in [-0.1, -0.05) is 42.3 Å². The number of hydrogen-bond donors (Lipinski definition) is 8. The van der Waals surface area contributed by atoms with E-state index in [-0.39, 0.29) is 110 Å². The minimum Gasteiger partial charge on any atom is -0.503 e. The predicted molar refractivity (Wildman–Crippen MR) is 439 cm³/mol. The molecule has 8 aliphatic rings. The van der Waals surface area contributed by atoms with Crippen LogP contribution in [-0.2, 0) is 45.1 Å². The zero-order chi connectivity index (χ0) is 95.8. The summed E-state index contributed by atoms with van der Waals surface area (Å²) >= 11 is 11.1. The summed E-state index contributed by atoms with van der Waals surface area (Å²) in [5.74, 6) is -21.1. The zero-order valence-corrected chi connectivity index (χ0v) is 71.5. The highest BCUT2D eigenvalue weighted by atomic mass is 35.5. The van der Waals surface area contributed by atoms with Gasteiger partial charge in [0.1, 0.15) is 90.5 Å². The molecule has 46 heteroatoms. The van der Waals surface area contributed by atoms with Crippen molar-refractivity contribution in [1.82, 2.24) is 59.1 Å². The van der Waals surface area contributed by atoms with Gasteiger partial charge in [-0.3, -0.25) is 57.5 Å². The summed E-state index contributed by atoms with van der Waals surface area (Å²) in [6.45, 7) is 7.27. The van der Waals surface area contributed by atoms with Gasteiger partial charge in [0.2, 0.25) is 21.7 Å². The zero-order valence-electron chi connectivity index (χ0n) is 70.0. The van der Waals surface area contributed by atoms with Crippen LogP contribution in [0.4, 0.5) is 52.7 Å². The monoisotopic (exact) mass is 1900 g/mol. The Morgan fingerprint density at radius 1 is 0.409 bits per heavy atom. The Hall–Kier alpha value is -12.8. The maximum atomic E-state index is 14.1. The van der Waals surface area contributed by atoms with E-state index in [2.05, 4.69) is 21.3 Å². The molecule has 132 heavy (non-hydrogen) atoms. The van der Waals surface area contributed by atoms with Gasteiger partial charge in [0, 0.05) is 143 Å². The maximum absolute atomic E-state index is 14.1. The van der Waals surface area contributed by atoms with Crippen LogP contribution in [0.2, 0.25) is 10.0 Å². The van der Waals surface area contributed by atoms with Gasteiger partial charge in [-0.2, -0.15) is 0 Å². The van der Waals surface area contributed by atoms with Gasteiger partial charge in [-0.25, -0.2) is 52.7 Å². The molecule has 4 aromatic heterocycles. The average molecular weight is 1900 g/mol. The lowest BCUT2D eigenvalue weighted by Crippen LogP contribution is -2.58. The Bertz CT molecular complexity index is 6200. The number of pyridine rings is 4. The third-order valence-electron chi connectivity index (χ3n) is 23.7. The molecule has 0 spiro atoms. The highest BCUT2D eigenvalue weighted by Crippen LogP contribution is 2.42. The van der Waals surface area contributed by atoms with Crippen molar-refractivity contribution in [2.24, 2.45) is 0 Å². The molecule has 8 N–H and O–H groups in total. The molecule has 0 bridgehead atoms. The number of fused-ring (bicyclic) bond motifs is 12. The number of carbonyl (C=O) groups excluding carboxylic acids is 8. The van der Waals surface area contributed by atoms with Crippen molar-refractivity contribution in [3.63, 3.8) is 0 Å². The van der Waals surface area contributed by atoms with E-state index in [1.54, 1.807) is 21.6 Å². The molecule has 0 radical (unpaired) electrons. The van der Waals surface area contributed by atoms with Crippen LogP contribution in [-0.4, -0.2) is 215 Å². The fourth-order valence-corrected chi connectivity index (χ4v) is 17.7. The predicted octanol–water partition coefficient (Wildman–Crippen LogP) is 8.88. The second kappa shape index (κ2) is 40.1. The average Bonchev–Trinajstić information content (AvgIpc) is 0.751. The van der Waals surface area contributed by atoms with Gasteiger partial charge in [-0.05, 0) is 65.0 Å². The largest absolute Gasteiger partial charge is 0.503 e. The smallest absolute Gasteiger partial charge is 0.275 e. The molecule has 16 rings (SSSR count). The molecule has 4 saturated heterocycles. The van der Waals surface area contributed by atoms with Crippen molar-refractivity contribution in [2.45, 2.75) is 147 Å². The molecule has 0 aliphatic carbocycles. The number of aromatic hydroxyl groups is 4. The lowest BCUT2D eigenvalue weighted by molar-refractivity contribution is -0.0339. The van der Waals surface area contributed by atoms with Gasteiger partial charge in [0.15, 0.2) is 45.8 Å². The number of rotatable bonds is 18. The van der Waals surface area contributed by atoms with E-state index in [4.69, 9.17) is 42.1 Å². The van der Waals surface area contributed by atoms with Gasteiger partial charge >= 0.3 is 0 Å². The number of benzene rings is 4. The fraction of sp³-hybridized carbons (Fsp3) is 0.395. The van der Waals surface area contributed by atoms with Gasteiger partial charge in [-0.15, -0.1) is 0 Å². The van der Waals surface area contributed by atoms with E-state index in [9.17, 15) is 131 Å². The molecule has 8 aliphatic heterocycles. The number of carbonyl (C=O) groups is 8. The summed E-state index contributed by atoms with van der Waals surface area (Å²) in [6, 6.07) is 2.34. The Labute approximate surface area is 748 Å². The van der Waals surface area contributed by atoms with Crippen LogP contribution in [0, 0.1) is 58.2 Å². The minimum atomic E-state index is -2.85. The first kappa shape index (κ1) is 96.8. The van der Waals surface area contributed by atoms with Crippen LogP contribution in [0.1, 0.15) is 190 Å². The number of hydrogen-bond acceptors (Lipinski definition) is 20. The number of aromatic nitrogens is 4. The molecule has 8 aromatic rings. The molecular formula is C86H82Cl2F12N12O20. The SMILES string of the molecule is CC(C)N1C(=O)c2c(O)c(=O)c(C(=O)NCc3c(F)cc(F)cc3F)cn2[C@H]2CCOC[C@H]21.CCCN1C(=O)c2c(O)c(=O)c(C(=O)NCc3c(F)cc(F)cc3F)cn2[C@H]2CCOC[C@H]21.CCN1C(=O)c2c(O)c(=O)c(C(=O)NCc3ccc(F)c(Cl)c3F)cn2[C@H]2CCOC[C@H]21.O=C(NCc1ccc(F)c(Cl)c1F)c1cn2c(c(O)c1=O)C(=O)N(CC(F)F)[C@@H]1COCC[C@@H]12. The van der Waals surface area contributed by atoms with E-state index in [1.807, 2.05) is 20.8 Å². The van der Waals surface area contributed by atoms with E-state index in [1.165, 1.54) is 36.9 Å². The van der Waals surface area contributed by atoms with Crippen molar-refractivity contribution < 1.29 is 130 Å². The highest BCUT2D eigenvalue weighted by molar-refractivity contribution is 6.31. The molecule has 12 heterocycles. The van der Waals surface area contributed by atoms with Crippen LogP contribution in [0.5, 0.6) is 23.0 Å². The summed E-state index contributed by atoms with van der Waals surface area (Å²) in [6.07, 6.45) is 4.25. The van der Waals surface area contributed by atoms with Gasteiger partial charge < -0.3 is 98.5 Å². The molecule has 32 nitrogen and oxygen atoms in total. The number of alkyl halides is 2. The van der Waals surface area contributed by atoms with Crippen molar-refractivity contribution in [2.75, 3.05) is 72.5 Å². The number of ether oxygens (including phenoxy) is 4. The van der Waals surface area contributed by atoms with Crippen LogP contribution >= 0.6 is 23.2 Å². The number of halogens is 14. The second-order valence-electron chi connectivity index (χ2n) is 31.7. The summed E-state index contributed by atoms with van der Waals surface area (Å²) in [7, 11) is 0. The first-order valence-electron chi connectivity index (χ1n) is 41.1. The highest BCUT2D eigenvalue weighted by Gasteiger charge is 2.49. The van der Waals surface area contributed by atoms with E-state index >= 15 is 0 Å². The number of likely N-dealkylation sites (N-methyl/N-ethyl adjacent to an activating group) is 1. The van der Waals surface area contributed by atoms with Crippen LogP contribution in [0.15, 0.2) is 92.5 Å². The number of nitrogens with one attached hydrogen (secondary N) is 4. The topological polar surface area (TPSA) is 403 Å². The number of amides is 8. The van der Waals surface area contributed by atoms with Crippen LogP contribution < -0.4 is 43.0 Å². The summed E-state index contributed by atoms with van der Waals surface area (Å²) in [5.41, 5.74) is -8.78. The first-order valence-corrected chi connectivity index (χ1v) is 41.9. The fourth-order valence-electron chi connectivity index (χ4n) is 17.3. The lowest BCUT2D eigenvalue weighted by Gasteiger charge is -2.47. The van der Waals surface area contributed by atoms with Crippen LogP contribution in [0.3, 0.4) is 0 Å². The maximum Gasteiger partial charge on any atom is 0.275 e. The van der Waals surface area contributed by atoms with Crippen LogP contribution in [0.25, 0.3) is 0 Å². The van der Waals surface area contributed by atoms with Crippen molar-refractivity contribution in [3.8, 4) is 23.0 Å². The van der Waals surface area contributed by atoms with E-state index in [0.717, 1.165) is 35.4 Å². The molecule has 8 amide bonds. The molecular weight excluding hydrogens is 1820 g/mol. The van der Waals surface area contributed by atoms with Gasteiger partial charge in [0.05, 0.1) is 81.3 Å². The summed E-state index contributed by atoms with van der Waals surface area (Å²) in [4.78, 5) is 159. The van der Waals surface area contributed by atoms with Crippen molar-refractivity contribution >= 4 is 70.5 Å². The van der Waals surface area contributed by atoms with Crippen molar-refractivity contribution in [3.05, 3.63) is 250 Å². The number of nitrogens with zero attached hydrogens (tertiary/aromatic N) is 8. The Balaban J connectivity index is 0.000000150. The normalized spacial score (nSPS) is 19.8. The third-order valence-corrected chi connectivity index (χ3v) is 24.4. The van der Waals surface area contributed by atoms with E-state index < -0.39 is 244 Å². The Morgan fingerprint density at radius 2 is 0.705 bits per heavy atom. The van der Waals surface area contributed by atoms with Crippen molar-refractivity contribution in [1.29, 1.82) is 0 Å². The quantitative estimate of drug-likeness (QED) is 0.0293. The molecule has 4 fully saturated rings.